The molecule has 0 heterocycles. The molecule has 2 aromatic carbocycles. The summed E-state index contributed by atoms with van der Waals surface area (Å²) in [6.45, 7) is 4.07. The van der Waals surface area contributed by atoms with Crippen LogP contribution >= 0.6 is 15.9 Å². The fourth-order valence-corrected chi connectivity index (χ4v) is 2.70. The molecule has 0 aromatic heterocycles. The number of halogens is 3. The average Bonchev–Trinajstić information content (AvgIpc) is 2.43. The second-order valence-electron chi connectivity index (χ2n) is 5.25. The van der Waals surface area contributed by atoms with E-state index in [0.29, 0.717) is 12.0 Å². The van der Waals surface area contributed by atoms with Gasteiger partial charge in [-0.3, -0.25) is 0 Å². The SMILES string of the molecule is CNC(Cc1ccc(F)cc1F)c1cc(C)c(Br)c(C)c1. The molecule has 1 unspecified atom stereocenters. The molecule has 0 aliphatic heterocycles. The second-order valence-corrected chi connectivity index (χ2v) is 6.04. The third-order valence-corrected chi connectivity index (χ3v) is 4.90. The maximum Gasteiger partial charge on any atom is 0.129 e. The van der Waals surface area contributed by atoms with Crippen molar-refractivity contribution < 1.29 is 8.78 Å². The summed E-state index contributed by atoms with van der Waals surface area (Å²) in [6, 6.07) is 7.88. The Bertz CT molecular complexity index is 632. The van der Waals surface area contributed by atoms with Gasteiger partial charge in [-0.1, -0.05) is 34.1 Å². The molecule has 2 aromatic rings. The Labute approximate surface area is 132 Å². The number of rotatable bonds is 4. The van der Waals surface area contributed by atoms with Crippen molar-refractivity contribution in [1.29, 1.82) is 0 Å². The predicted molar refractivity (Wildman–Crippen MR) is 85.5 cm³/mol. The minimum atomic E-state index is -0.549. The Morgan fingerprint density at radius 3 is 2.24 bits per heavy atom. The first kappa shape index (κ1) is 16.1. The van der Waals surface area contributed by atoms with E-state index in [4.69, 9.17) is 0 Å². The zero-order valence-electron chi connectivity index (χ0n) is 12.3. The number of benzene rings is 2. The van der Waals surface area contributed by atoms with Crippen LogP contribution < -0.4 is 5.32 Å². The van der Waals surface area contributed by atoms with Gasteiger partial charge in [-0.25, -0.2) is 8.78 Å². The van der Waals surface area contributed by atoms with E-state index >= 15 is 0 Å². The number of likely N-dealkylation sites (N-methyl/N-ethyl adjacent to an activating group) is 1. The van der Waals surface area contributed by atoms with Gasteiger partial charge in [-0.05, 0) is 55.6 Å². The molecule has 0 saturated heterocycles. The number of hydrogen-bond donors (Lipinski definition) is 1. The van der Waals surface area contributed by atoms with Crippen LogP contribution in [-0.4, -0.2) is 7.05 Å². The first-order valence-electron chi connectivity index (χ1n) is 6.80. The molecular weight excluding hydrogens is 336 g/mol. The van der Waals surface area contributed by atoms with Crippen LogP contribution in [0.3, 0.4) is 0 Å². The summed E-state index contributed by atoms with van der Waals surface area (Å²) < 4.78 is 27.9. The van der Waals surface area contributed by atoms with Crippen LogP contribution in [0.25, 0.3) is 0 Å². The second kappa shape index (κ2) is 6.67. The van der Waals surface area contributed by atoms with Crippen molar-refractivity contribution in [3.05, 3.63) is 68.7 Å². The monoisotopic (exact) mass is 353 g/mol. The molecule has 4 heteroatoms. The van der Waals surface area contributed by atoms with Crippen LogP contribution in [0.1, 0.15) is 28.3 Å². The molecule has 0 aliphatic carbocycles. The average molecular weight is 354 g/mol. The minimum Gasteiger partial charge on any atom is -0.313 e. The molecule has 0 aliphatic rings. The van der Waals surface area contributed by atoms with Gasteiger partial charge in [0, 0.05) is 16.6 Å². The molecular formula is C17H18BrF2N. The van der Waals surface area contributed by atoms with Crippen molar-refractivity contribution in [2.24, 2.45) is 0 Å². The fraction of sp³-hybridized carbons (Fsp3) is 0.294. The Morgan fingerprint density at radius 2 is 1.71 bits per heavy atom. The fourth-order valence-electron chi connectivity index (χ4n) is 2.47. The van der Waals surface area contributed by atoms with Gasteiger partial charge in [0.2, 0.25) is 0 Å². The Hall–Kier alpha value is -1.26. The molecule has 0 bridgehead atoms. The Morgan fingerprint density at radius 1 is 1.10 bits per heavy atom. The van der Waals surface area contributed by atoms with Gasteiger partial charge in [-0.15, -0.1) is 0 Å². The van der Waals surface area contributed by atoms with Crippen molar-refractivity contribution in [2.45, 2.75) is 26.3 Å². The summed E-state index contributed by atoms with van der Waals surface area (Å²) >= 11 is 3.55. The lowest BCUT2D eigenvalue weighted by Gasteiger charge is -2.19. The first-order chi connectivity index (χ1) is 9.92. The first-order valence-corrected chi connectivity index (χ1v) is 7.59. The standard InChI is InChI=1S/C17H18BrF2N/c1-10-6-13(7-11(2)17(10)18)16(21-3)8-12-4-5-14(19)9-15(12)20/h4-7,9,16,21H,8H2,1-3H3. The van der Waals surface area contributed by atoms with Gasteiger partial charge in [0.1, 0.15) is 11.6 Å². The van der Waals surface area contributed by atoms with E-state index < -0.39 is 11.6 Å². The van der Waals surface area contributed by atoms with Crippen LogP contribution in [0.15, 0.2) is 34.8 Å². The lowest BCUT2D eigenvalue weighted by molar-refractivity contribution is 0.540. The van der Waals surface area contributed by atoms with Gasteiger partial charge in [0.15, 0.2) is 0 Å². The van der Waals surface area contributed by atoms with E-state index in [1.165, 1.54) is 12.1 Å². The van der Waals surface area contributed by atoms with Crippen LogP contribution in [0.2, 0.25) is 0 Å². The summed E-state index contributed by atoms with van der Waals surface area (Å²) in [5, 5.41) is 3.21. The highest BCUT2D eigenvalue weighted by atomic mass is 79.9. The number of nitrogens with one attached hydrogen (secondary N) is 1. The summed E-state index contributed by atoms with van der Waals surface area (Å²) in [5.41, 5.74) is 3.89. The molecule has 112 valence electrons. The normalized spacial score (nSPS) is 12.5. The molecule has 0 spiro atoms. The van der Waals surface area contributed by atoms with Gasteiger partial charge in [-0.2, -0.15) is 0 Å². The van der Waals surface area contributed by atoms with Crippen LogP contribution in [-0.2, 0) is 6.42 Å². The minimum absolute atomic E-state index is 0.0181. The molecule has 1 nitrogen and oxygen atoms in total. The van der Waals surface area contributed by atoms with Crippen LogP contribution in [0.5, 0.6) is 0 Å². The van der Waals surface area contributed by atoms with E-state index in [1.807, 2.05) is 20.9 Å². The van der Waals surface area contributed by atoms with Crippen molar-refractivity contribution >= 4 is 15.9 Å². The lowest BCUT2D eigenvalue weighted by atomic mass is 9.96. The van der Waals surface area contributed by atoms with Gasteiger partial charge in [0.05, 0.1) is 0 Å². The van der Waals surface area contributed by atoms with E-state index in [1.54, 1.807) is 0 Å². The molecule has 0 radical (unpaired) electrons. The predicted octanol–water partition coefficient (Wildman–Crippen LogP) is 4.85. The van der Waals surface area contributed by atoms with Crippen molar-refractivity contribution in [2.75, 3.05) is 7.05 Å². The number of hydrogen-bond acceptors (Lipinski definition) is 1. The molecule has 2 rings (SSSR count). The van der Waals surface area contributed by atoms with Crippen LogP contribution in [0, 0.1) is 25.5 Å². The zero-order valence-corrected chi connectivity index (χ0v) is 13.9. The number of aryl methyl sites for hydroxylation is 2. The highest BCUT2D eigenvalue weighted by Crippen LogP contribution is 2.27. The third-order valence-electron chi connectivity index (χ3n) is 3.65. The highest BCUT2D eigenvalue weighted by molar-refractivity contribution is 9.10. The Balaban J connectivity index is 2.32. The molecule has 21 heavy (non-hydrogen) atoms. The maximum absolute atomic E-state index is 13.8. The van der Waals surface area contributed by atoms with Gasteiger partial charge < -0.3 is 5.32 Å². The summed E-state index contributed by atoms with van der Waals surface area (Å²) in [7, 11) is 1.85. The van der Waals surface area contributed by atoms with Gasteiger partial charge >= 0.3 is 0 Å². The molecule has 1 atom stereocenters. The lowest BCUT2D eigenvalue weighted by Crippen LogP contribution is -2.19. The summed E-state index contributed by atoms with van der Waals surface area (Å²) in [4.78, 5) is 0. The van der Waals surface area contributed by atoms with Gasteiger partial charge in [0.25, 0.3) is 0 Å². The largest absolute Gasteiger partial charge is 0.313 e. The quantitative estimate of drug-likeness (QED) is 0.828. The summed E-state index contributed by atoms with van der Waals surface area (Å²) in [5.74, 6) is -1.05. The van der Waals surface area contributed by atoms with E-state index in [-0.39, 0.29) is 6.04 Å². The van der Waals surface area contributed by atoms with Crippen molar-refractivity contribution in [3.63, 3.8) is 0 Å². The molecule has 0 fully saturated rings. The van der Waals surface area contributed by atoms with E-state index in [9.17, 15) is 8.78 Å². The Kier molecular flexibility index (Phi) is 5.12. The smallest absolute Gasteiger partial charge is 0.129 e. The van der Waals surface area contributed by atoms with E-state index in [2.05, 4.69) is 33.4 Å². The van der Waals surface area contributed by atoms with E-state index in [0.717, 1.165) is 27.2 Å². The molecule has 1 N–H and O–H groups in total. The maximum atomic E-state index is 13.8. The third kappa shape index (κ3) is 3.69. The zero-order chi connectivity index (χ0) is 15.6. The highest BCUT2D eigenvalue weighted by Gasteiger charge is 2.15. The summed E-state index contributed by atoms with van der Waals surface area (Å²) in [6.07, 6.45) is 0.475. The van der Waals surface area contributed by atoms with Crippen LogP contribution in [0.4, 0.5) is 8.78 Å². The molecule has 0 saturated carbocycles. The van der Waals surface area contributed by atoms with Crippen molar-refractivity contribution in [1.82, 2.24) is 5.32 Å². The van der Waals surface area contributed by atoms with Crippen molar-refractivity contribution in [3.8, 4) is 0 Å². The topological polar surface area (TPSA) is 12.0 Å². The molecule has 0 amide bonds.